The van der Waals surface area contributed by atoms with Crippen molar-refractivity contribution in [1.82, 2.24) is 9.97 Å². The zero-order chi connectivity index (χ0) is 14.3. The second-order valence-electron chi connectivity index (χ2n) is 4.16. The predicted molar refractivity (Wildman–Crippen MR) is 81.0 cm³/mol. The van der Waals surface area contributed by atoms with E-state index in [1.54, 1.807) is 12.1 Å². The Morgan fingerprint density at radius 2 is 1.20 bits per heavy atom. The highest BCUT2D eigenvalue weighted by Gasteiger charge is 2.13. The lowest BCUT2D eigenvalue weighted by molar-refractivity contribution is 1.28. The zero-order valence-corrected chi connectivity index (χ0v) is 11.8. The van der Waals surface area contributed by atoms with Crippen LogP contribution in [0.25, 0.3) is 21.8 Å². The second kappa shape index (κ2) is 4.68. The van der Waals surface area contributed by atoms with E-state index in [9.17, 15) is 0 Å². The third kappa shape index (κ3) is 1.78. The van der Waals surface area contributed by atoms with Crippen molar-refractivity contribution < 1.29 is 0 Å². The second-order valence-corrected chi connectivity index (χ2v) is 5.06. The first-order valence-corrected chi connectivity index (χ1v) is 6.48. The molecule has 0 aliphatic carbocycles. The molecule has 2 heterocycles. The van der Waals surface area contributed by atoms with E-state index in [-0.39, 0.29) is 0 Å². The molecule has 0 saturated heterocycles. The van der Waals surface area contributed by atoms with Gasteiger partial charge in [0.2, 0.25) is 0 Å². The number of nitrogens with zero attached hydrogens (tertiary/aromatic N) is 4. The summed E-state index contributed by atoms with van der Waals surface area (Å²) in [6.45, 7) is 0. The first-order chi connectivity index (χ1) is 9.65. The first-order valence-electron chi connectivity index (χ1n) is 5.59. The van der Waals surface area contributed by atoms with E-state index in [1.807, 2.05) is 12.1 Å². The number of aromatic nitrogens is 2. The maximum absolute atomic E-state index is 8.95. The van der Waals surface area contributed by atoms with Gasteiger partial charge in [-0.2, -0.15) is 10.5 Å². The lowest BCUT2D eigenvalue weighted by Crippen LogP contribution is -1.91. The van der Waals surface area contributed by atoms with Gasteiger partial charge in [0, 0.05) is 33.0 Å². The van der Waals surface area contributed by atoms with E-state index in [0.29, 0.717) is 32.0 Å². The monoisotopic (exact) mass is 294 g/mol. The molecule has 0 fully saturated rings. The molecule has 1 aromatic carbocycles. The molecule has 0 bridgehead atoms. The van der Waals surface area contributed by atoms with E-state index in [1.165, 1.54) is 12.4 Å². The number of fused-ring (bicyclic) bond motifs is 3. The Morgan fingerprint density at radius 1 is 0.800 bits per heavy atom. The summed E-state index contributed by atoms with van der Waals surface area (Å²) in [4.78, 5) is 9.82. The molecule has 20 heavy (non-hydrogen) atoms. The Kier molecular flexibility index (Phi) is 2.98. The van der Waals surface area contributed by atoms with Crippen LogP contribution in [0, 0.1) is 22.7 Å². The number of pyridine rings is 2. The SMILES string of the molecule is N#Cc1cnc2c(c1)c(S)c(S)c1cc(C#N)cnc12. The fourth-order valence-electron chi connectivity index (χ4n) is 2.05. The van der Waals surface area contributed by atoms with Crippen molar-refractivity contribution in [1.29, 1.82) is 10.5 Å². The first kappa shape index (κ1) is 12.7. The standard InChI is InChI=1S/C14H6N4S2/c15-3-7-1-9-11(17-5-7)12-10(14(20)13(9)19)2-8(4-16)6-18-12/h1-2,5-6,19-20H. The molecule has 4 nitrogen and oxygen atoms in total. The third-order valence-corrected chi connectivity index (χ3v) is 4.10. The number of nitriles is 2. The molecule has 0 spiro atoms. The zero-order valence-electron chi connectivity index (χ0n) is 9.99. The molecule has 0 atom stereocenters. The minimum Gasteiger partial charge on any atom is -0.253 e. The number of thiol groups is 2. The topological polar surface area (TPSA) is 73.4 Å². The minimum atomic E-state index is 0.452. The largest absolute Gasteiger partial charge is 0.253 e. The number of rotatable bonds is 0. The van der Waals surface area contributed by atoms with Crippen LogP contribution in [0.15, 0.2) is 34.3 Å². The van der Waals surface area contributed by atoms with Crippen LogP contribution >= 0.6 is 25.3 Å². The highest BCUT2D eigenvalue weighted by Crippen LogP contribution is 2.35. The van der Waals surface area contributed by atoms with E-state index < -0.39 is 0 Å². The van der Waals surface area contributed by atoms with Crippen molar-refractivity contribution in [2.45, 2.75) is 9.79 Å². The minimum absolute atomic E-state index is 0.452. The van der Waals surface area contributed by atoms with Gasteiger partial charge >= 0.3 is 0 Å². The van der Waals surface area contributed by atoms with Gasteiger partial charge < -0.3 is 0 Å². The predicted octanol–water partition coefficient (Wildman–Crippen LogP) is 3.10. The molecule has 0 unspecified atom stereocenters. The fourth-order valence-corrected chi connectivity index (χ4v) is 2.63. The average molecular weight is 294 g/mol. The summed E-state index contributed by atoms with van der Waals surface area (Å²) >= 11 is 8.91. The normalized spacial score (nSPS) is 10.4. The summed E-state index contributed by atoms with van der Waals surface area (Å²) in [5, 5.41) is 19.4. The molecular weight excluding hydrogens is 288 g/mol. The van der Waals surface area contributed by atoms with Gasteiger partial charge in [-0.25, -0.2) is 0 Å². The quantitative estimate of drug-likeness (QED) is 0.493. The molecule has 3 aromatic rings. The number of benzene rings is 1. The summed E-state index contributed by atoms with van der Waals surface area (Å²) in [5.74, 6) is 0. The summed E-state index contributed by atoms with van der Waals surface area (Å²) in [6, 6.07) is 7.52. The van der Waals surface area contributed by atoms with Crippen molar-refractivity contribution in [3.05, 3.63) is 35.7 Å². The van der Waals surface area contributed by atoms with Crippen LogP contribution in [0.4, 0.5) is 0 Å². The van der Waals surface area contributed by atoms with Crippen molar-refractivity contribution in [2.24, 2.45) is 0 Å². The van der Waals surface area contributed by atoms with Crippen molar-refractivity contribution in [3.8, 4) is 12.1 Å². The molecule has 0 N–H and O–H groups in total. The number of hydrogen-bond donors (Lipinski definition) is 2. The van der Waals surface area contributed by atoms with Gasteiger partial charge in [-0.15, -0.1) is 25.3 Å². The summed E-state index contributed by atoms with van der Waals surface area (Å²) in [7, 11) is 0. The molecule has 0 aliphatic rings. The number of hydrogen-bond acceptors (Lipinski definition) is 6. The van der Waals surface area contributed by atoms with Gasteiger partial charge in [-0.3, -0.25) is 9.97 Å². The Morgan fingerprint density at radius 3 is 1.55 bits per heavy atom. The van der Waals surface area contributed by atoms with Crippen LogP contribution in [0.2, 0.25) is 0 Å². The molecule has 3 rings (SSSR count). The van der Waals surface area contributed by atoms with Crippen LogP contribution in [0.1, 0.15) is 11.1 Å². The van der Waals surface area contributed by atoms with E-state index in [0.717, 1.165) is 10.8 Å². The molecule has 2 aromatic heterocycles. The summed E-state index contributed by atoms with van der Waals surface area (Å²) in [5.41, 5.74) is 2.19. The Balaban J connectivity index is 2.55. The van der Waals surface area contributed by atoms with Crippen LogP contribution in [-0.2, 0) is 0 Å². The lowest BCUT2D eigenvalue weighted by atomic mass is 10.1. The maximum atomic E-state index is 8.95. The maximum Gasteiger partial charge on any atom is 0.101 e. The van der Waals surface area contributed by atoms with E-state index >= 15 is 0 Å². The fraction of sp³-hybridized carbons (Fsp3) is 0. The molecule has 0 amide bonds. The highest BCUT2D eigenvalue weighted by molar-refractivity contribution is 7.84. The van der Waals surface area contributed by atoms with Crippen LogP contribution in [0.5, 0.6) is 0 Å². The van der Waals surface area contributed by atoms with E-state index in [2.05, 4.69) is 35.2 Å². The summed E-state index contributed by atoms with van der Waals surface area (Å²) in [6.07, 6.45) is 2.99. The third-order valence-electron chi connectivity index (χ3n) is 2.99. The van der Waals surface area contributed by atoms with E-state index in [4.69, 9.17) is 10.5 Å². The molecule has 0 radical (unpaired) electrons. The van der Waals surface area contributed by atoms with Crippen LogP contribution in [-0.4, -0.2) is 9.97 Å². The van der Waals surface area contributed by atoms with Crippen LogP contribution in [0.3, 0.4) is 0 Å². The van der Waals surface area contributed by atoms with Crippen molar-refractivity contribution >= 4 is 47.1 Å². The van der Waals surface area contributed by atoms with Gasteiger partial charge in [0.15, 0.2) is 0 Å². The van der Waals surface area contributed by atoms with Gasteiger partial charge in [0.25, 0.3) is 0 Å². The van der Waals surface area contributed by atoms with Gasteiger partial charge in [0.1, 0.15) is 12.1 Å². The van der Waals surface area contributed by atoms with Crippen LogP contribution < -0.4 is 0 Å². The molecule has 0 aliphatic heterocycles. The average Bonchev–Trinajstić information content (AvgIpc) is 2.51. The molecule has 94 valence electrons. The Labute approximate surface area is 125 Å². The highest BCUT2D eigenvalue weighted by atomic mass is 32.1. The molecule has 0 saturated carbocycles. The van der Waals surface area contributed by atoms with Gasteiger partial charge in [-0.05, 0) is 12.1 Å². The Hall–Kier alpha value is -2.28. The van der Waals surface area contributed by atoms with Crippen molar-refractivity contribution in [2.75, 3.05) is 0 Å². The molecule has 6 heteroatoms. The van der Waals surface area contributed by atoms with Gasteiger partial charge in [0.05, 0.1) is 22.2 Å². The summed E-state index contributed by atoms with van der Waals surface area (Å²) < 4.78 is 0. The van der Waals surface area contributed by atoms with Gasteiger partial charge in [-0.1, -0.05) is 0 Å². The van der Waals surface area contributed by atoms with Crippen molar-refractivity contribution in [3.63, 3.8) is 0 Å². The smallest absolute Gasteiger partial charge is 0.101 e. The lowest BCUT2D eigenvalue weighted by Gasteiger charge is -2.09. The molecular formula is C14H6N4S2. The Bertz CT molecular complexity index is 873.